The number of hydrogen-bond acceptors (Lipinski definition) is 3. The Morgan fingerprint density at radius 3 is 2.72 bits per heavy atom. The highest BCUT2D eigenvalue weighted by atomic mass is 16.2. The molecule has 0 unspecified atom stereocenters. The summed E-state index contributed by atoms with van der Waals surface area (Å²) in [7, 11) is 1.93. The van der Waals surface area contributed by atoms with Gasteiger partial charge in [0, 0.05) is 51.9 Å². The summed E-state index contributed by atoms with van der Waals surface area (Å²) in [6, 6.07) is 8.69. The van der Waals surface area contributed by atoms with Crippen LogP contribution in [0.4, 0.5) is 0 Å². The Morgan fingerprint density at radius 2 is 2.04 bits per heavy atom. The van der Waals surface area contributed by atoms with Gasteiger partial charge in [-0.25, -0.2) is 0 Å². The lowest BCUT2D eigenvalue weighted by Gasteiger charge is -2.35. The monoisotopic (exact) mass is 338 g/mol. The highest BCUT2D eigenvalue weighted by Gasteiger charge is 2.46. The number of nitrogens with zero attached hydrogens (tertiary/aromatic N) is 4. The topological polar surface area (TPSA) is 41.4 Å². The summed E-state index contributed by atoms with van der Waals surface area (Å²) in [5.41, 5.74) is 3.87. The van der Waals surface area contributed by atoms with E-state index in [-0.39, 0.29) is 5.92 Å². The molecule has 2 atom stereocenters. The van der Waals surface area contributed by atoms with Crippen molar-refractivity contribution in [1.82, 2.24) is 19.6 Å². The van der Waals surface area contributed by atoms with E-state index >= 15 is 0 Å². The van der Waals surface area contributed by atoms with Gasteiger partial charge in [-0.2, -0.15) is 5.10 Å². The third-order valence-corrected chi connectivity index (χ3v) is 5.43. The number of carbonyl (C=O) groups is 1. The molecule has 0 bridgehead atoms. The van der Waals surface area contributed by atoms with Crippen molar-refractivity contribution in [1.29, 1.82) is 0 Å². The SMILES string of the molecule is Cc1cccc(CN2CCN(C(=O)[C@@H]3C[C@@H]3c3cnn(C)c3)CC2)c1. The minimum absolute atomic E-state index is 0.174. The molecule has 25 heavy (non-hydrogen) atoms. The first kappa shape index (κ1) is 16.3. The van der Waals surface area contributed by atoms with Gasteiger partial charge in [0.05, 0.1) is 6.20 Å². The Kier molecular flexibility index (Phi) is 4.34. The number of benzene rings is 1. The van der Waals surface area contributed by atoms with Crippen LogP contribution in [0, 0.1) is 12.8 Å². The summed E-state index contributed by atoms with van der Waals surface area (Å²) in [6.45, 7) is 6.73. The summed E-state index contributed by atoms with van der Waals surface area (Å²) in [6.07, 6.45) is 4.92. The van der Waals surface area contributed by atoms with Gasteiger partial charge in [-0.05, 0) is 30.4 Å². The fraction of sp³-hybridized carbons (Fsp3) is 0.500. The van der Waals surface area contributed by atoms with E-state index in [0.717, 1.165) is 39.1 Å². The average molecular weight is 338 g/mol. The molecule has 1 saturated carbocycles. The van der Waals surface area contributed by atoms with Crippen LogP contribution in [0.2, 0.25) is 0 Å². The van der Waals surface area contributed by atoms with Crippen LogP contribution < -0.4 is 0 Å². The Hall–Kier alpha value is -2.14. The van der Waals surface area contributed by atoms with Gasteiger partial charge < -0.3 is 4.90 Å². The number of carbonyl (C=O) groups excluding carboxylic acids is 1. The Balaban J connectivity index is 1.28. The van der Waals surface area contributed by atoms with Crippen molar-refractivity contribution in [3.63, 3.8) is 0 Å². The third-order valence-electron chi connectivity index (χ3n) is 5.43. The smallest absolute Gasteiger partial charge is 0.226 e. The molecule has 1 aromatic carbocycles. The normalized spacial score (nSPS) is 23.7. The summed E-state index contributed by atoms with van der Waals surface area (Å²) < 4.78 is 1.82. The molecular weight excluding hydrogens is 312 g/mol. The van der Waals surface area contributed by atoms with Crippen LogP contribution >= 0.6 is 0 Å². The molecule has 1 saturated heterocycles. The minimum Gasteiger partial charge on any atom is -0.340 e. The van der Waals surface area contributed by atoms with Crippen LogP contribution in [0.25, 0.3) is 0 Å². The van der Waals surface area contributed by atoms with Crippen LogP contribution in [0.3, 0.4) is 0 Å². The lowest BCUT2D eigenvalue weighted by atomic mass is 10.1. The fourth-order valence-electron chi connectivity index (χ4n) is 3.90. The average Bonchev–Trinajstić information content (AvgIpc) is 3.29. The molecule has 0 N–H and O–H groups in total. The first-order chi connectivity index (χ1) is 12.1. The van der Waals surface area contributed by atoms with E-state index < -0.39 is 0 Å². The third kappa shape index (κ3) is 3.61. The summed E-state index contributed by atoms with van der Waals surface area (Å²) in [4.78, 5) is 17.3. The van der Waals surface area contributed by atoms with Crippen LogP contribution in [0.5, 0.6) is 0 Å². The predicted molar refractivity (Wildman–Crippen MR) is 97.1 cm³/mol. The number of piperazine rings is 1. The van der Waals surface area contributed by atoms with Crippen molar-refractivity contribution < 1.29 is 4.79 Å². The van der Waals surface area contributed by atoms with Gasteiger partial charge in [-0.15, -0.1) is 0 Å². The Morgan fingerprint density at radius 1 is 1.24 bits per heavy atom. The molecule has 4 rings (SSSR count). The van der Waals surface area contributed by atoms with Gasteiger partial charge in [0.15, 0.2) is 0 Å². The van der Waals surface area contributed by atoms with Crippen molar-refractivity contribution in [2.75, 3.05) is 26.2 Å². The van der Waals surface area contributed by atoms with Crippen molar-refractivity contribution in [2.24, 2.45) is 13.0 Å². The highest BCUT2D eigenvalue weighted by Crippen LogP contribution is 2.48. The van der Waals surface area contributed by atoms with Crippen molar-refractivity contribution >= 4 is 5.91 Å². The van der Waals surface area contributed by atoms with E-state index in [0.29, 0.717) is 11.8 Å². The van der Waals surface area contributed by atoms with Crippen LogP contribution in [0.15, 0.2) is 36.7 Å². The second-order valence-corrected chi connectivity index (χ2v) is 7.49. The molecule has 2 fully saturated rings. The van der Waals surface area contributed by atoms with Gasteiger partial charge in [0.2, 0.25) is 5.91 Å². The van der Waals surface area contributed by atoms with Gasteiger partial charge >= 0.3 is 0 Å². The molecule has 132 valence electrons. The second kappa shape index (κ2) is 6.64. The molecule has 2 aromatic rings. The molecule has 2 heterocycles. The molecule has 0 spiro atoms. The lowest BCUT2D eigenvalue weighted by molar-refractivity contribution is -0.134. The molecule has 5 heteroatoms. The lowest BCUT2D eigenvalue weighted by Crippen LogP contribution is -2.48. The number of hydrogen-bond donors (Lipinski definition) is 0. The van der Waals surface area contributed by atoms with Crippen molar-refractivity contribution in [3.8, 4) is 0 Å². The van der Waals surface area contributed by atoms with Gasteiger partial charge in [-0.3, -0.25) is 14.4 Å². The number of aromatic nitrogens is 2. The van der Waals surface area contributed by atoms with E-state index in [4.69, 9.17) is 0 Å². The Labute approximate surface area is 149 Å². The summed E-state index contributed by atoms with van der Waals surface area (Å²) in [5.74, 6) is 0.892. The maximum Gasteiger partial charge on any atom is 0.226 e. The fourth-order valence-corrected chi connectivity index (χ4v) is 3.90. The van der Waals surface area contributed by atoms with E-state index in [2.05, 4.69) is 46.1 Å². The zero-order chi connectivity index (χ0) is 17.4. The standard InChI is InChI=1S/C20H26N4O/c1-15-4-3-5-16(10-15)13-23-6-8-24(9-7-23)20(25)19-11-18(19)17-12-21-22(2)14-17/h3-5,10,12,14,18-19H,6-9,11,13H2,1-2H3/t18-,19-/m1/s1. The molecule has 1 aliphatic heterocycles. The molecule has 1 amide bonds. The zero-order valence-electron chi connectivity index (χ0n) is 15.1. The van der Waals surface area contributed by atoms with Gasteiger partial charge in [0.1, 0.15) is 0 Å². The molecule has 5 nitrogen and oxygen atoms in total. The second-order valence-electron chi connectivity index (χ2n) is 7.49. The van der Waals surface area contributed by atoms with Crippen molar-refractivity contribution in [2.45, 2.75) is 25.8 Å². The molecule has 1 aliphatic carbocycles. The van der Waals surface area contributed by atoms with Crippen LogP contribution in [-0.2, 0) is 18.4 Å². The number of rotatable bonds is 4. The number of amides is 1. The van der Waals surface area contributed by atoms with E-state index in [1.807, 2.05) is 24.1 Å². The first-order valence-corrected chi connectivity index (χ1v) is 9.15. The highest BCUT2D eigenvalue weighted by molar-refractivity contribution is 5.83. The van der Waals surface area contributed by atoms with E-state index in [9.17, 15) is 4.79 Å². The van der Waals surface area contributed by atoms with Crippen LogP contribution in [-0.4, -0.2) is 51.7 Å². The molecule has 2 aliphatic rings. The van der Waals surface area contributed by atoms with Gasteiger partial charge in [0.25, 0.3) is 0 Å². The Bertz CT molecular complexity index is 761. The quantitative estimate of drug-likeness (QED) is 0.858. The maximum atomic E-state index is 12.7. The molecule has 0 radical (unpaired) electrons. The van der Waals surface area contributed by atoms with Crippen molar-refractivity contribution in [3.05, 3.63) is 53.3 Å². The molecule has 1 aromatic heterocycles. The largest absolute Gasteiger partial charge is 0.340 e. The maximum absolute atomic E-state index is 12.7. The number of aryl methyl sites for hydroxylation is 2. The summed E-state index contributed by atoms with van der Waals surface area (Å²) in [5, 5.41) is 4.23. The summed E-state index contributed by atoms with van der Waals surface area (Å²) >= 11 is 0. The minimum atomic E-state index is 0.174. The molecular formula is C20H26N4O. The van der Waals surface area contributed by atoms with E-state index in [1.165, 1.54) is 16.7 Å². The predicted octanol–water partition coefficient (Wildman–Crippen LogP) is 2.18. The van der Waals surface area contributed by atoms with Crippen LogP contribution in [0.1, 0.15) is 29.0 Å². The zero-order valence-corrected chi connectivity index (χ0v) is 15.1. The van der Waals surface area contributed by atoms with E-state index in [1.54, 1.807) is 0 Å². The van der Waals surface area contributed by atoms with Gasteiger partial charge in [-0.1, -0.05) is 29.8 Å². The first-order valence-electron chi connectivity index (χ1n) is 9.15.